The molecule has 0 aliphatic rings. The summed E-state index contributed by atoms with van der Waals surface area (Å²) in [6.07, 6.45) is 6.54. The third-order valence-corrected chi connectivity index (χ3v) is 4.00. The van der Waals surface area contributed by atoms with Crippen molar-refractivity contribution >= 4 is 11.9 Å². The Hall–Kier alpha value is -1.14. The first-order valence-corrected chi connectivity index (χ1v) is 9.52. The van der Waals surface area contributed by atoms with Crippen LogP contribution in [0, 0.1) is 0 Å². The van der Waals surface area contributed by atoms with Gasteiger partial charge >= 0.3 is 5.97 Å². The Balaban J connectivity index is 3.97. The Morgan fingerprint density at radius 1 is 1.04 bits per heavy atom. The number of hydrogen-bond donors (Lipinski definition) is 1. The van der Waals surface area contributed by atoms with Crippen molar-refractivity contribution in [3.05, 3.63) is 0 Å². The maximum Gasteiger partial charge on any atom is 0.306 e. The highest BCUT2D eigenvalue weighted by Crippen LogP contribution is 2.13. The van der Waals surface area contributed by atoms with Crippen molar-refractivity contribution in [3.63, 3.8) is 0 Å². The van der Waals surface area contributed by atoms with Gasteiger partial charge in [-0.25, -0.2) is 0 Å². The van der Waals surface area contributed by atoms with Crippen LogP contribution in [0.25, 0.3) is 0 Å². The molecule has 0 aromatic rings. The van der Waals surface area contributed by atoms with Crippen LogP contribution in [0.1, 0.15) is 71.1 Å². The van der Waals surface area contributed by atoms with Crippen molar-refractivity contribution in [1.82, 2.24) is 0 Å². The van der Waals surface area contributed by atoms with E-state index in [1.54, 1.807) is 0 Å². The van der Waals surface area contributed by atoms with Gasteiger partial charge in [0.05, 0.1) is 27.2 Å². The fourth-order valence-corrected chi connectivity index (χ4v) is 2.79. The number of aliphatic carboxylic acids is 1. The van der Waals surface area contributed by atoms with E-state index >= 15 is 0 Å². The number of carboxylic acids is 1. The zero-order chi connectivity index (χ0) is 19.3. The van der Waals surface area contributed by atoms with Gasteiger partial charge in [0.25, 0.3) is 0 Å². The fourth-order valence-electron chi connectivity index (χ4n) is 2.79. The van der Waals surface area contributed by atoms with Crippen LogP contribution in [0.4, 0.5) is 0 Å². The molecule has 0 heterocycles. The van der Waals surface area contributed by atoms with Gasteiger partial charge in [0.15, 0.2) is 6.10 Å². The predicted octanol–water partition coefficient (Wildman–Crippen LogP) is 1.64. The van der Waals surface area contributed by atoms with E-state index in [4.69, 9.17) is 4.74 Å². The number of carbonyl (C=O) groups excluding carboxylic acids is 2. The van der Waals surface area contributed by atoms with Crippen molar-refractivity contribution < 1.29 is 29.0 Å². The number of carboxylic acid groups (broad SMARTS) is 1. The number of nitrogens with zero attached hydrogens (tertiary/aromatic N) is 1. The van der Waals surface area contributed by atoms with Crippen LogP contribution >= 0.6 is 0 Å². The third-order valence-electron chi connectivity index (χ3n) is 4.00. The summed E-state index contributed by atoms with van der Waals surface area (Å²) >= 11 is 0. The minimum Gasteiger partial charge on any atom is -0.550 e. The van der Waals surface area contributed by atoms with Gasteiger partial charge in [-0.15, -0.1) is 0 Å². The normalized spacial score (nSPS) is 14.1. The molecular formula is C19H37NO5. The highest BCUT2D eigenvalue weighted by molar-refractivity contribution is 5.70. The van der Waals surface area contributed by atoms with Gasteiger partial charge in [-0.2, -0.15) is 0 Å². The predicted molar refractivity (Wildman–Crippen MR) is 95.6 cm³/mol. The topological polar surface area (TPSA) is 86.7 Å². The molecule has 25 heavy (non-hydrogen) atoms. The molecular weight excluding hydrogens is 322 g/mol. The largest absolute Gasteiger partial charge is 0.550 e. The van der Waals surface area contributed by atoms with E-state index in [0.29, 0.717) is 23.9 Å². The van der Waals surface area contributed by atoms with Gasteiger partial charge in [-0.3, -0.25) is 4.79 Å². The molecule has 2 unspecified atom stereocenters. The van der Waals surface area contributed by atoms with Gasteiger partial charge in [0, 0.05) is 18.8 Å². The quantitative estimate of drug-likeness (QED) is 0.273. The second-order valence-corrected chi connectivity index (χ2v) is 7.91. The summed E-state index contributed by atoms with van der Waals surface area (Å²) in [4.78, 5) is 22.7. The molecule has 0 saturated heterocycles. The lowest BCUT2D eigenvalue weighted by molar-refractivity contribution is -0.873. The Labute approximate surface area is 152 Å². The van der Waals surface area contributed by atoms with Crippen LogP contribution < -0.4 is 5.11 Å². The van der Waals surface area contributed by atoms with E-state index in [9.17, 15) is 19.8 Å². The van der Waals surface area contributed by atoms with Crippen molar-refractivity contribution in [1.29, 1.82) is 0 Å². The number of carbonyl (C=O) groups is 2. The number of likely N-dealkylation sites (N-methyl/N-ethyl adjacent to an activating group) is 1. The molecule has 0 amide bonds. The number of ether oxygens (including phenoxy) is 1. The first-order chi connectivity index (χ1) is 11.6. The highest BCUT2D eigenvalue weighted by Gasteiger charge is 2.22. The van der Waals surface area contributed by atoms with Crippen LogP contribution in [-0.2, 0) is 14.3 Å². The van der Waals surface area contributed by atoms with E-state index < -0.39 is 12.1 Å². The Kier molecular flexibility index (Phi) is 12.5. The third kappa shape index (κ3) is 16.1. The first kappa shape index (κ1) is 23.9. The molecule has 0 aliphatic heterocycles. The van der Waals surface area contributed by atoms with Crippen LogP contribution in [0.5, 0.6) is 0 Å². The molecule has 6 nitrogen and oxygen atoms in total. The minimum atomic E-state index is -1.21. The molecule has 1 N–H and O–H groups in total. The summed E-state index contributed by atoms with van der Waals surface area (Å²) in [7, 11) is 5.74. The number of aliphatic hydroxyl groups is 1. The Bertz CT molecular complexity index is 379. The Morgan fingerprint density at radius 3 is 2.16 bits per heavy atom. The first-order valence-electron chi connectivity index (χ1n) is 9.52. The van der Waals surface area contributed by atoms with Crippen molar-refractivity contribution in [2.24, 2.45) is 0 Å². The maximum atomic E-state index is 11.9. The average molecular weight is 360 g/mol. The smallest absolute Gasteiger partial charge is 0.306 e. The summed E-state index contributed by atoms with van der Waals surface area (Å²) in [5.41, 5.74) is 0. The molecule has 6 heteroatoms. The molecule has 0 rings (SSSR count). The summed E-state index contributed by atoms with van der Waals surface area (Å²) in [5, 5.41) is 20.7. The van der Waals surface area contributed by atoms with Crippen molar-refractivity contribution in [2.75, 3.05) is 27.7 Å². The van der Waals surface area contributed by atoms with Crippen LogP contribution in [0.3, 0.4) is 0 Å². The summed E-state index contributed by atoms with van der Waals surface area (Å²) < 4.78 is 5.81. The SMILES string of the molecule is CCCCCCC(O)CCCCC(=O)OC(CC(=O)[O-])C[N+](C)(C)C. The number of esters is 1. The lowest BCUT2D eigenvalue weighted by Gasteiger charge is -2.29. The van der Waals surface area contributed by atoms with Gasteiger partial charge < -0.3 is 24.2 Å². The van der Waals surface area contributed by atoms with E-state index in [1.165, 1.54) is 12.8 Å². The monoisotopic (exact) mass is 359 g/mol. The lowest BCUT2D eigenvalue weighted by Crippen LogP contribution is -2.45. The van der Waals surface area contributed by atoms with Gasteiger partial charge in [-0.1, -0.05) is 39.0 Å². The van der Waals surface area contributed by atoms with E-state index in [-0.39, 0.29) is 24.9 Å². The van der Waals surface area contributed by atoms with Gasteiger partial charge in [-0.05, 0) is 19.3 Å². The van der Waals surface area contributed by atoms with Crippen molar-refractivity contribution in [3.8, 4) is 0 Å². The van der Waals surface area contributed by atoms with Crippen molar-refractivity contribution in [2.45, 2.75) is 83.3 Å². The number of quaternary nitrogens is 1. The molecule has 0 bridgehead atoms. The number of hydrogen-bond acceptors (Lipinski definition) is 5. The zero-order valence-corrected chi connectivity index (χ0v) is 16.5. The molecule has 2 atom stereocenters. The van der Waals surface area contributed by atoms with Gasteiger partial charge in [0.1, 0.15) is 6.54 Å². The average Bonchev–Trinajstić information content (AvgIpc) is 2.45. The molecule has 0 spiro atoms. The summed E-state index contributed by atoms with van der Waals surface area (Å²) in [6.45, 7) is 2.59. The highest BCUT2D eigenvalue weighted by atomic mass is 16.5. The minimum absolute atomic E-state index is 0.253. The molecule has 0 aromatic carbocycles. The second-order valence-electron chi connectivity index (χ2n) is 7.91. The van der Waals surface area contributed by atoms with Crippen LogP contribution in [-0.4, -0.2) is 61.4 Å². The van der Waals surface area contributed by atoms with E-state index in [2.05, 4.69) is 6.92 Å². The molecule has 0 radical (unpaired) electrons. The number of unbranched alkanes of at least 4 members (excludes halogenated alkanes) is 4. The molecule has 0 aliphatic carbocycles. The van der Waals surface area contributed by atoms with E-state index in [0.717, 1.165) is 25.7 Å². The Morgan fingerprint density at radius 2 is 1.64 bits per heavy atom. The molecule has 0 aromatic heterocycles. The number of rotatable bonds is 15. The van der Waals surface area contributed by atoms with Gasteiger partial charge in [0.2, 0.25) is 0 Å². The fraction of sp³-hybridized carbons (Fsp3) is 0.895. The second kappa shape index (κ2) is 13.1. The zero-order valence-electron chi connectivity index (χ0n) is 16.5. The standard InChI is InChI=1S/C19H37NO5/c1-5-6-7-8-11-16(21)12-9-10-13-19(24)25-17(14-18(22)23)15-20(2,3)4/h16-17,21H,5-15H2,1-4H3. The van der Waals surface area contributed by atoms with Crippen LogP contribution in [0.15, 0.2) is 0 Å². The molecule has 148 valence electrons. The van der Waals surface area contributed by atoms with E-state index in [1.807, 2.05) is 21.1 Å². The molecule has 0 fully saturated rings. The summed E-state index contributed by atoms with van der Waals surface area (Å²) in [5.74, 6) is -1.59. The maximum absolute atomic E-state index is 11.9. The lowest BCUT2D eigenvalue weighted by atomic mass is 10.0. The van der Waals surface area contributed by atoms with Crippen LogP contribution in [0.2, 0.25) is 0 Å². The summed E-state index contributed by atoms with van der Waals surface area (Å²) in [6, 6.07) is 0. The molecule has 0 saturated carbocycles. The number of aliphatic hydroxyl groups excluding tert-OH is 1.